The lowest BCUT2D eigenvalue weighted by molar-refractivity contribution is -0.0862. The van der Waals surface area contributed by atoms with Crippen LogP contribution in [0.4, 0.5) is 13.2 Å². The number of alkyl halides is 3. The van der Waals surface area contributed by atoms with E-state index in [1.54, 1.807) is 23.1 Å². The smallest absolute Gasteiger partial charge is 0.283 e. The third-order valence-corrected chi connectivity index (χ3v) is 6.93. The van der Waals surface area contributed by atoms with Crippen molar-refractivity contribution in [1.82, 2.24) is 9.80 Å². The Morgan fingerprint density at radius 2 is 2.03 bits per heavy atom. The first-order valence-corrected chi connectivity index (χ1v) is 12.4. The summed E-state index contributed by atoms with van der Waals surface area (Å²) in [7, 11) is 0. The first kappa shape index (κ1) is 28.2. The summed E-state index contributed by atoms with van der Waals surface area (Å²) in [5.41, 5.74) is 2.94. The molecule has 0 saturated carbocycles. The van der Waals surface area contributed by atoms with Crippen LogP contribution in [0.5, 0.6) is 0 Å². The molecule has 1 fully saturated rings. The number of likely N-dealkylation sites (tertiary alicyclic amines) is 1. The quantitative estimate of drug-likeness (QED) is 0.252. The van der Waals surface area contributed by atoms with Crippen molar-refractivity contribution in [3.8, 4) is 0 Å². The van der Waals surface area contributed by atoms with E-state index >= 15 is 0 Å². The number of fused-ring (bicyclic) bond motifs is 1. The van der Waals surface area contributed by atoms with Gasteiger partial charge in [-0.25, -0.2) is 8.78 Å². The summed E-state index contributed by atoms with van der Waals surface area (Å²) in [6.45, 7) is 9.94. The van der Waals surface area contributed by atoms with Crippen molar-refractivity contribution in [2.45, 2.75) is 45.2 Å². The lowest BCUT2D eigenvalue weighted by Crippen LogP contribution is -2.49. The molecule has 0 radical (unpaired) electrons. The van der Waals surface area contributed by atoms with Crippen LogP contribution in [0.2, 0.25) is 0 Å². The number of aliphatic hydroxyl groups excluding tert-OH is 1. The molecule has 1 N–H and O–H groups in total. The predicted octanol–water partition coefficient (Wildman–Crippen LogP) is 4.74. The molecule has 1 saturated heterocycles. The number of ketones is 1. The molecule has 0 bridgehead atoms. The van der Waals surface area contributed by atoms with Gasteiger partial charge in [-0.05, 0) is 62.1 Å². The predicted molar refractivity (Wildman–Crippen MR) is 135 cm³/mol. The molecular weight excluding hydrogens is 469 g/mol. The number of ether oxygens (including phenoxy) is 1. The van der Waals surface area contributed by atoms with Gasteiger partial charge in [0.2, 0.25) is 0 Å². The summed E-state index contributed by atoms with van der Waals surface area (Å²) < 4.78 is 47.1. The van der Waals surface area contributed by atoms with Gasteiger partial charge in [0.1, 0.15) is 19.0 Å². The number of hydrogen-bond acceptors (Lipinski definition) is 5. The van der Waals surface area contributed by atoms with Gasteiger partial charge in [0.15, 0.2) is 5.78 Å². The zero-order chi connectivity index (χ0) is 26.5. The number of halogens is 3. The Balaban J connectivity index is 1.77. The van der Waals surface area contributed by atoms with Crippen LogP contribution in [0.25, 0.3) is 0 Å². The van der Waals surface area contributed by atoms with E-state index in [1.807, 2.05) is 32.1 Å². The molecule has 2 heterocycles. The van der Waals surface area contributed by atoms with Crippen molar-refractivity contribution in [3.63, 3.8) is 0 Å². The number of rotatable bonds is 12. The van der Waals surface area contributed by atoms with Crippen LogP contribution < -0.4 is 0 Å². The Bertz CT molecular complexity index is 1000. The molecule has 5 nitrogen and oxygen atoms in total. The molecule has 2 atom stereocenters. The summed E-state index contributed by atoms with van der Waals surface area (Å²) in [5.74, 6) is -2.56. The maximum absolute atomic E-state index is 14.3. The monoisotopic (exact) mass is 506 g/mol. The molecule has 2 aliphatic rings. The third kappa shape index (κ3) is 6.87. The molecule has 0 aromatic heterocycles. The average Bonchev–Trinajstić information content (AvgIpc) is 2.82. The standard InChI is InChI=1S/C28H37F3N2O3/c1-5-25(36-11-10-32-15-22(14-29)16-32)8-6-19(2)27-26-9-7-23(21(4)35)13-24(26)12-20(3)33(27)17-28(30,31)18-34/h5-9,13,20,22,27,34H,2,10-12,14-18H2,1,3-4H3/b8-6-,25-5+/t20-,27-/m0/s1. The molecule has 0 amide bonds. The van der Waals surface area contributed by atoms with Gasteiger partial charge in [0, 0.05) is 37.2 Å². The van der Waals surface area contributed by atoms with Gasteiger partial charge in [-0.2, -0.15) is 0 Å². The fourth-order valence-electron chi connectivity index (χ4n) is 4.87. The number of allylic oxidation sites excluding steroid dienone is 2. The van der Waals surface area contributed by atoms with Crippen molar-refractivity contribution < 1.29 is 27.8 Å². The molecule has 1 aromatic carbocycles. The largest absolute Gasteiger partial charge is 0.493 e. The molecule has 36 heavy (non-hydrogen) atoms. The number of hydrogen-bond donors (Lipinski definition) is 1. The van der Waals surface area contributed by atoms with E-state index in [4.69, 9.17) is 4.74 Å². The molecule has 0 spiro atoms. The van der Waals surface area contributed by atoms with Gasteiger partial charge >= 0.3 is 0 Å². The second-order valence-electron chi connectivity index (χ2n) is 9.84. The van der Waals surface area contributed by atoms with Gasteiger partial charge in [-0.15, -0.1) is 0 Å². The topological polar surface area (TPSA) is 53.0 Å². The molecule has 0 unspecified atom stereocenters. The van der Waals surface area contributed by atoms with Gasteiger partial charge in [0.25, 0.3) is 5.92 Å². The Morgan fingerprint density at radius 1 is 1.31 bits per heavy atom. The van der Waals surface area contributed by atoms with Crippen LogP contribution in [0.15, 0.2) is 54.3 Å². The molecule has 2 aliphatic heterocycles. The van der Waals surface area contributed by atoms with Crippen molar-refractivity contribution in [1.29, 1.82) is 0 Å². The van der Waals surface area contributed by atoms with Crippen molar-refractivity contribution in [2.75, 3.05) is 46.1 Å². The summed E-state index contributed by atoms with van der Waals surface area (Å²) in [4.78, 5) is 15.7. The SMILES string of the molecule is C=C(/C=C\C(=C/C)OCCN1CC(CF)C1)[C@H]1c2ccc(C(C)=O)cc2C[C@H](C)N1CC(F)(F)CO. The minimum atomic E-state index is -3.26. The van der Waals surface area contributed by atoms with Crippen LogP contribution in [-0.4, -0.2) is 78.7 Å². The van der Waals surface area contributed by atoms with Gasteiger partial charge in [-0.3, -0.25) is 19.0 Å². The molecule has 0 aliphatic carbocycles. The number of carbonyl (C=O) groups is 1. The second-order valence-corrected chi connectivity index (χ2v) is 9.84. The highest BCUT2D eigenvalue weighted by atomic mass is 19.3. The number of benzene rings is 1. The molecule has 198 valence electrons. The zero-order valence-corrected chi connectivity index (χ0v) is 21.4. The molecule has 1 aromatic rings. The van der Waals surface area contributed by atoms with Crippen LogP contribution in [0, 0.1) is 5.92 Å². The lowest BCUT2D eigenvalue weighted by Gasteiger charge is -2.43. The highest BCUT2D eigenvalue weighted by molar-refractivity contribution is 5.94. The van der Waals surface area contributed by atoms with E-state index in [2.05, 4.69) is 11.5 Å². The van der Waals surface area contributed by atoms with E-state index in [-0.39, 0.29) is 24.4 Å². The van der Waals surface area contributed by atoms with Gasteiger partial charge in [0.05, 0.1) is 19.3 Å². The number of aliphatic hydroxyl groups is 1. The normalized spacial score (nSPS) is 21.9. The summed E-state index contributed by atoms with van der Waals surface area (Å²) in [5, 5.41) is 9.21. The van der Waals surface area contributed by atoms with E-state index in [0.717, 1.165) is 24.2 Å². The fourth-order valence-corrected chi connectivity index (χ4v) is 4.87. The zero-order valence-electron chi connectivity index (χ0n) is 21.4. The Hall–Kier alpha value is -2.42. The summed E-state index contributed by atoms with van der Waals surface area (Å²) >= 11 is 0. The van der Waals surface area contributed by atoms with Crippen LogP contribution in [-0.2, 0) is 11.2 Å². The van der Waals surface area contributed by atoms with E-state index in [9.17, 15) is 23.1 Å². The number of nitrogens with zero attached hydrogens (tertiary/aromatic N) is 2. The first-order chi connectivity index (χ1) is 17.1. The highest BCUT2D eigenvalue weighted by Gasteiger charge is 2.40. The molecular formula is C28H37F3N2O3. The van der Waals surface area contributed by atoms with Crippen molar-refractivity contribution in [2.24, 2.45) is 5.92 Å². The number of carbonyl (C=O) groups excluding carboxylic acids is 1. The van der Waals surface area contributed by atoms with Crippen LogP contribution in [0.3, 0.4) is 0 Å². The summed E-state index contributed by atoms with van der Waals surface area (Å²) in [6.07, 6.45) is 5.87. The minimum absolute atomic E-state index is 0.0525. The van der Waals surface area contributed by atoms with E-state index < -0.39 is 25.1 Å². The second kappa shape index (κ2) is 12.2. The minimum Gasteiger partial charge on any atom is -0.493 e. The number of Topliss-reactive ketones (excluding diaryl/α,β-unsaturated/α-hetero) is 1. The Morgan fingerprint density at radius 3 is 2.64 bits per heavy atom. The maximum Gasteiger partial charge on any atom is 0.283 e. The van der Waals surface area contributed by atoms with E-state index in [1.165, 1.54) is 6.92 Å². The van der Waals surface area contributed by atoms with Crippen molar-refractivity contribution >= 4 is 5.78 Å². The van der Waals surface area contributed by atoms with Crippen LogP contribution in [0.1, 0.15) is 48.3 Å². The van der Waals surface area contributed by atoms with E-state index in [0.29, 0.717) is 36.5 Å². The van der Waals surface area contributed by atoms with Crippen molar-refractivity contribution in [3.05, 3.63) is 71.0 Å². The lowest BCUT2D eigenvalue weighted by atomic mass is 9.83. The van der Waals surface area contributed by atoms with Crippen LogP contribution >= 0.6 is 0 Å². The molecule has 3 rings (SSSR count). The molecule has 8 heteroatoms. The highest BCUT2D eigenvalue weighted by Crippen LogP contribution is 2.40. The third-order valence-electron chi connectivity index (χ3n) is 6.93. The van der Waals surface area contributed by atoms with Gasteiger partial charge in [-0.1, -0.05) is 24.8 Å². The summed E-state index contributed by atoms with van der Waals surface area (Å²) in [6, 6.07) is 4.57. The Kier molecular flexibility index (Phi) is 9.55. The average molecular weight is 507 g/mol. The first-order valence-electron chi connectivity index (χ1n) is 12.4. The van der Waals surface area contributed by atoms with Gasteiger partial charge < -0.3 is 9.84 Å². The maximum atomic E-state index is 14.3. The Labute approximate surface area is 211 Å². The fraction of sp³-hybridized carbons (Fsp3) is 0.536.